The summed E-state index contributed by atoms with van der Waals surface area (Å²) >= 11 is 0. The first-order chi connectivity index (χ1) is 11.8. The number of hydrogen-bond acceptors (Lipinski definition) is 7. The molecule has 24 heavy (non-hydrogen) atoms. The van der Waals surface area contributed by atoms with E-state index < -0.39 is 0 Å². The highest BCUT2D eigenvalue weighted by atomic mass is 16.5. The van der Waals surface area contributed by atoms with Crippen LogP contribution in [0.1, 0.15) is 17.6 Å². The summed E-state index contributed by atoms with van der Waals surface area (Å²) < 4.78 is 5.62. The minimum absolute atomic E-state index is 0.0409. The summed E-state index contributed by atoms with van der Waals surface area (Å²) in [6.07, 6.45) is 5.00. The van der Waals surface area contributed by atoms with Crippen LogP contribution in [0.2, 0.25) is 0 Å². The van der Waals surface area contributed by atoms with Gasteiger partial charge in [-0.3, -0.25) is 10.1 Å². The van der Waals surface area contributed by atoms with E-state index in [2.05, 4.69) is 30.0 Å². The van der Waals surface area contributed by atoms with Crippen LogP contribution in [0.25, 0.3) is 11.4 Å². The van der Waals surface area contributed by atoms with Crippen molar-refractivity contribution in [3.63, 3.8) is 0 Å². The number of hydrogen-bond donors (Lipinski definition) is 1. The topological polar surface area (TPSA) is 92.7 Å². The Morgan fingerprint density at radius 2 is 2.12 bits per heavy atom. The molecule has 122 valence electrons. The van der Waals surface area contributed by atoms with Crippen molar-refractivity contribution in [1.82, 2.24) is 30.1 Å². The first-order valence-corrected chi connectivity index (χ1v) is 7.77. The molecule has 1 aliphatic heterocycles. The molecule has 0 aromatic carbocycles. The van der Waals surface area contributed by atoms with Gasteiger partial charge in [0.05, 0.1) is 13.2 Å². The maximum atomic E-state index is 5.62. The van der Waals surface area contributed by atoms with Gasteiger partial charge in [-0.2, -0.15) is 5.10 Å². The highest BCUT2D eigenvalue weighted by Gasteiger charge is 2.28. The molecule has 1 aliphatic rings. The number of aromatic nitrogens is 6. The maximum absolute atomic E-state index is 5.62. The Balaban J connectivity index is 1.73. The van der Waals surface area contributed by atoms with Crippen LogP contribution < -0.4 is 4.90 Å². The highest BCUT2D eigenvalue weighted by Crippen LogP contribution is 2.28. The van der Waals surface area contributed by atoms with Gasteiger partial charge in [0.25, 0.3) is 0 Å². The Morgan fingerprint density at radius 1 is 1.25 bits per heavy atom. The molecule has 0 saturated carbocycles. The minimum atomic E-state index is -0.0409. The molecule has 3 aromatic rings. The van der Waals surface area contributed by atoms with Crippen LogP contribution >= 0.6 is 0 Å². The fraction of sp³-hybridized carbons (Fsp3) is 0.312. The first-order valence-electron chi connectivity index (χ1n) is 7.77. The normalized spacial score (nSPS) is 17.9. The summed E-state index contributed by atoms with van der Waals surface area (Å²) in [4.78, 5) is 19.8. The average Bonchev–Trinajstić information content (AvgIpc) is 3.16. The largest absolute Gasteiger partial charge is 0.377 e. The van der Waals surface area contributed by atoms with Gasteiger partial charge in [0.15, 0.2) is 5.82 Å². The average molecular weight is 323 g/mol. The van der Waals surface area contributed by atoms with E-state index in [1.165, 1.54) is 6.33 Å². The van der Waals surface area contributed by atoms with Crippen molar-refractivity contribution in [3.8, 4) is 11.4 Å². The van der Waals surface area contributed by atoms with Gasteiger partial charge in [0.1, 0.15) is 24.0 Å². The molecule has 8 nitrogen and oxygen atoms in total. The molecule has 1 N–H and O–H groups in total. The molecule has 3 aromatic heterocycles. The molecule has 4 rings (SSSR count). The molecule has 0 bridgehead atoms. The molecular weight excluding hydrogens is 306 g/mol. The minimum Gasteiger partial charge on any atom is -0.377 e. The van der Waals surface area contributed by atoms with E-state index in [0.717, 1.165) is 29.4 Å². The van der Waals surface area contributed by atoms with Gasteiger partial charge in [-0.1, -0.05) is 0 Å². The lowest BCUT2D eigenvalue weighted by molar-refractivity contribution is 0.0914. The van der Waals surface area contributed by atoms with E-state index in [9.17, 15) is 0 Å². The van der Waals surface area contributed by atoms with Gasteiger partial charge >= 0.3 is 0 Å². The van der Waals surface area contributed by atoms with E-state index in [1.54, 1.807) is 12.4 Å². The van der Waals surface area contributed by atoms with Gasteiger partial charge in [0, 0.05) is 36.3 Å². The van der Waals surface area contributed by atoms with E-state index >= 15 is 0 Å². The summed E-state index contributed by atoms with van der Waals surface area (Å²) in [6.45, 7) is 3.90. The van der Waals surface area contributed by atoms with Crippen LogP contribution in [0.5, 0.6) is 0 Å². The first kappa shape index (κ1) is 14.7. The number of pyridine rings is 1. The third-order valence-corrected chi connectivity index (χ3v) is 3.95. The number of nitrogens with zero attached hydrogens (tertiary/aromatic N) is 6. The molecule has 8 heteroatoms. The maximum Gasteiger partial charge on any atom is 0.161 e. The van der Waals surface area contributed by atoms with E-state index in [4.69, 9.17) is 9.72 Å². The fourth-order valence-electron chi connectivity index (χ4n) is 2.81. The van der Waals surface area contributed by atoms with Crippen molar-refractivity contribution in [2.45, 2.75) is 13.0 Å². The van der Waals surface area contributed by atoms with Crippen LogP contribution in [-0.4, -0.2) is 49.9 Å². The summed E-state index contributed by atoms with van der Waals surface area (Å²) in [5.74, 6) is 2.32. The predicted molar refractivity (Wildman–Crippen MR) is 87.3 cm³/mol. The van der Waals surface area contributed by atoms with Gasteiger partial charge < -0.3 is 9.64 Å². The Hall–Kier alpha value is -2.87. The number of H-pyrrole nitrogens is 1. The quantitative estimate of drug-likeness (QED) is 0.781. The zero-order chi connectivity index (χ0) is 16.4. The summed E-state index contributed by atoms with van der Waals surface area (Å²) in [6, 6.07) is 5.76. The summed E-state index contributed by atoms with van der Waals surface area (Å²) in [7, 11) is 0. The Labute approximate surface area is 139 Å². The van der Waals surface area contributed by atoms with Crippen LogP contribution in [-0.2, 0) is 4.74 Å². The second-order valence-corrected chi connectivity index (χ2v) is 5.58. The SMILES string of the molecule is Cc1cc(N2CCOC[C@@H]2c2ncn[nH]2)nc(-c2ccncc2)n1. The molecule has 4 heterocycles. The number of nitrogens with one attached hydrogen (secondary N) is 1. The number of aryl methyl sites for hydroxylation is 1. The molecular formula is C16H17N7O. The third-order valence-electron chi connectivity index (χ3n) is 3.95. The summed E-state index contributed by atoms with van der Waals surface area (Å²) in [5, 5.41) is 6.88. The number of ether oxygens (including phenoxy) is 1. The van der Waals surface area contributed by atoms with E-state index in [-0.39, 0.29) is 6.04 Å². The zero-order valence-electron chi connectivity index (χ0n) is 13.3. The van der Waals surface area contributed by atoms with Crippen LogP contribution in [0.4, 0.5) is 5.82 Å². The summed E-state index contributed by atoms with van der Waals surface area (Å²) in [5.41, 5.74) is 1.86. The van der Waals surface area contributed by atoms with Gasteiger partial charge in [-0.15, -0.1) is 0 Å². The van der Waals surface area contributed by atoms with Gasteiger partial charge in [-0.05, 0) is 19.1 Å². The number of anilines is 1. The molecule has 1 atom stereocenters. The number of morpholine rings is 1. The molecule has 0 spiro atoms. The second-order valence-electron chi connectivity index (χ2n) is 5.58. The predicted octanol–water partition coefficient (Wildman–Crippen LogP) is 1.54. The smallest absolute Gasteiger partial charge is 0.161 e. The van der Waals surface area contributed by atoms with Crippen molar-refractivity contribution in [3.05, 3.63) is 48.4 Å². The van der Waals surface area contributed by atoms with Crippen molar-refractivity contribution in [2.24, 2.45) is 0 Å². The van der Waals surface area contributed by atoms with E-state index in [1.807, 2.05) is 25.1 Å². The van der Waals surface area contributed by atoms with Crippen molar-refractivity contribution < 1.29 is 4.74 Å². The Morgan fingerprint density at radius 3 is 2.92 bits per heavy atom. The molecule has 1 fully saturated rings. The molecule has 0 amide bonds. The Kier molecular flexibility index (Phi) is 3.87. The second kappa shape index (κ2) is 6.32. The lowest BCUT2D eigenvalue weighted by atomic mass is 10.2. The third kappa shape index (κ3) is 2.83. The van der Waals surface area contributed by atoms with E-state index in [0.29, 0.717) is 19.0 Å². The van der Waals surface area contributed by atoms with Crippen molar-refractivity contribution >= 4 is 5.82 Å². The standard InChI is InChI=1S/C16H17N7O/c1-11-8-14(21-15(20-11)12-2-4-17-5-3-12)23-6-7-24-9-13(23)16-18-10-19-22-16/h2-5,8,10,13H,6-7,9H2,1H3,(H,18,19,22)/t13-/m1/s1. The molecule has 1 saturated heterocycles. The van der Waals surface area contributed by atoms with Crippen molar-refractivity contribution in [2.75, 3.05) is 24.7 Å². The zero-order valence-corrected chi connectivity index (χ0v) is 13.3. The molecule has 0 aliphatic carbocycles. The van der Waals surface area contributed by atoms with Crippen LogP contribution in [0, 0.1) is 6.92 Å². The lowest BCUT2D eigenvalue weighted by Gasteiger charge is -2.35. The van der Waals surface area contributed by atoms with Crippen LogP contribution in [0.3, 0.4) is 0 Å². The number of aromatic amines is 1. The fourth-order valence-corrected chi connectivity index (χ4v) is 2.81. The molecule has 0 unspecified atom stereocenters. The monoisotopic (exact) mass is 323 g/mol. The van der Waals surface area contributed by atoms with Gasteiger partial charge in [0.2, 0.25) is 0 Å². The van der Waals surface area contributed by atoms with Crippen LogP contribution in [0.15, 0.2) is 36.9 Å². The Bertz CT molecular complexity index is 807. The van der Waals surface area contributed by atoms with Crippen molar-refractivity contribution in [1.29, 1.82) is 0 Å². The lowest BCUT2D eigenvalue weighted by Crippen LogP contribution is -2.40. The molecule has 0 radical (unpaired) electrons. The van der Waals surface area contributed by atoms with Gasteiger partial charge in [-0.25, -0.2) is 15.0 Å². The number of rotatable bonds is 3. The highest BCUT2D eigenvalue weighted by molar-refractivity contribution is 5.57.